The molecule has 0 saturated heterocycles. The molecule has 4 nitrogen and oxygen atoms in total. The summed E-state index contributed by atoms with van der Waals surface area (Å²) >= 11 is 0. The number of aromatic nitrogens is 4. The van der Waals surface area contributed by atoms with Crippen LogP contribution in [0.2, 0.25) is 0 Å². The van der Waals surface area contributed by atoms with Crippen molar-refractivity contribution in [3.63, 3.8) is 0 Å². The summed E-state index contributed by atoms with van der Waals surface area (Å²) in [6.07, 6.45) is 7.95. The molecule has 0 N–H and O–H groups in total. The summed E-state index contributed by atoms with van der Waals surface area (Å²) in [5, 5.41) is 0. The molecule has 0 aliphatic rings. The van der Waals surface area contributed by atoms with Crippen molar-refractivity contribution in [2.24, 2.45) is 0 Å². The number of nitrogens with zero attached hydrogens (tertiary/aromatic N) is 4. The smallest absolute Gasteiger partial charge is 0.331 e. The van der Waals surface area contributed by atoms with E-state index >= 15 is 0 Å². The molecule has 0 saturated carbocycles. The van der Waals surface area contributed by atoms with Gasteiger partial charge in [0.1, 0.15) is 0 Å². The molecule has 0 bridgehead atoms. The minimum atomic E-state index is 0. The van der Waals surface area contributed by atoms with E-state index < -0.39 is 0 Å². The Hall–Kier alpha value is -3.28. The molecule has 41 heavy (non-hydrogen) atoms. The van der Waals surface area contributed by atoms with Crippen LogP contribution in [-0.4, -0.2) is 19.1 Å². The van der Waals surface area contributed by atoms with E-state index in [0.717, 1.165) is 22.8 Å². The first kappa shape index (κ1) is 30.7. The summed E-state index contributed by atoms with van der Waals surface area (Å²) in [6.45, 7) is 18.1. The zero-order valence-electron chi connectivity index (χ0n) is 25.5. The number of imidazole rings is 2. The molecule has 0 atom stereocenters. The van der Waals surface area contributed by atoms with Gasteiger partial charge < -0.3 is 9.13 Å². The summed E-state index contributed by atoms with van der Waals surface area (Å²) in [5.41, 5.74) is 9.65. The number of hydrogen-bond donors (Lipinski definition) is 0. The maximum atomic E-state index is 4.85. The van der Waals surface area contributed by atoms with Gasteiger partial charge in [0.2, 0.25) is 0 Å². The minimum Gasteiger partial charge on any atom is -0.331 e. The van der Waals surface area contributed by atoms with Gasteiger partial charge in [0.05, 0.1) is 11.6 Å². The van der Waals surface area contributed by atoms with Crippen LogP contribution in [0.25, 0.3) is 34.2 Å². The molecule has 213 valence electrons. The van der Waals surface area contributed by atoms with Gasteiger partial charge in [-0.2, -0.15) is 0 Å². The van der Waals surface area contributed by atoms with Gasteiger partial charge in [-0.05, 0) is 45.9 Å². The number of benzene rings is 3. The van der Waals surface area contributed by atoms with Crippen LogP contribution in [0.15, 0.2) is 79.4 Å². The van der Waals surface area contributed by atoms with Crippen molar-refractivity contribution in [1.29, 1.82) is 0 Å². The zero-order chi connectivity index (χ0) is 28.6. The molecule has 2 aromatic heterocycles. The van der Waals surface area contributed by atoms with Crippen molar-refractivity contribution in [2.45, 2.75) is 79.1 Å². The quantitative estimate of drug-likeness (QED) is 0.150. The third-order valence-electron chi connectivity index (χ3n) is 7.73. The molecule has 0 aliphatic heterocycles. The monoisotopic (exact) mass is 721 g/mol. The number of hydrogen-bond acceptors (Lipinski definition) is 2. The molecule has 0 fully saturated rings. The summed E-state index contributed by atoms with van der Waals surface area (Å²) in [7, 11) is 0. The van der Waals surface area contributed by atoms with Crippen LogP contribution in [0.3, 0.4) is 0 Å². The third-order valence-corrected chi connectivity index (χ3v) is 7.73. The Bertz CT molecular complexity index is 1450. The molecule has 5 aromatic rings. The first-order valence-corrected chi connectivity index (χ1v) is 14.5. The van der Waals surface area contributed by atoms with Crippen molar-refractivity contribution >= 4 is 0 Å². The average molecular weight is 720 g/mol. The normalized spacial score (nSPS) is 11.6. The van der Waals surface area contributed by atoms with Gasteiger partial charge in [-0.15, -0.1) is 24.3 Å². The molecule has 0 spiro atoms. The molecule has 5 rings (SSSR count). The second kappa shape index (κ2) is 12.7. The second-order valence-electron chi connectivity index (χ2n) is 11.9. The van der Waals surface area contributed by atoms with Crippen LogP contribution in [0.4, 0.5) is 0 Å². The number of para-hydroxylation sites is 2. The molecular weight excluding hydrogens is 679 g/mol. The summed E-state index contributed by atoms with van der Waals surface area (Å²) in [6, 6.07) is 23.3. The predicted molar refractivity (Wildman–Crippen MR) is 167 cm³/mol. The zero-order valence-corrected chi connectivity index (χ0v) is 28.0. The molecule has 2 heterocycles. The van der Waals surface area contributed by atoms with Crippen molar-refractivity contribution in [3.8, 4) is 34.2 Å². The largest absolute Gasteiger partial charge is 1.00 e. The molecule has 0 unspecified atom stereocenters. The van der Waals surface area contributed by atoms with E-state index in [4.69, 9.17) is 9.97 Å². The fraction of sp³-hybridized carbons (Fsp3) is 0.333. The van der Waals surface area contributed by atoms with E-state index in [9.17, 15) is 0 Å². The van der Waals surface area contributed by atoms with E-state index in [1.165, 1.54) is 33.6 Å². The van der Waals surface area contributed by atoms with Crippen molar-refractivity contribution in [2.75, 3.05) is 0 Å². The average Bonchev–Trinajstić information content (AvgIpc) is 3.62. The Morgan fingerprint density at radius 1 is 0.512 bits per heavy atom. The first-order valence-electron chi connectivity index (χ1n) is 14.5. The fourth-order valence-corrected chi connectivity index (χ4v) is 5.68. The maximum absolute atomic E-state index is 4.85. The van der Waals surface area contributed by atoms with Crippen LogP contribution in [0.5, 0.6) is 0 Å². The maximum Gasteiger partial charge on any atom is 1.00 e. The Labute approximate surface area is 258 Å². The summed E-state index contributed by atoms with van der Waals surface area (Å²) in [5.74, 6) is 3.34. The fourth-order valence-electron chi connectivity index (χ4n) is 5.68. The molecule has 5 heteroatoms. The Morgan fingerprint density at radius 3 is 1.15 bits per heavy atom. The van der Waals surface area contributed by atoms with Gasteiger partial charge in [-0.3, -0.25) is 9.97 Å². The standard InChI is InChI=1S/C36H41N4.Os/c1-23(2)29-14-10-15-30(24(3)4)33(29)39-20-18-37-35(39)27-12-9-13-28(22-27)36-38-19-21-40(36)34-31(25(5)6)16-11-17-32(34)26(7)8;/h9-21,23-26H,1-8H3;/q-1;+1. The molecule has 0 amide bonds. The minimum absolute atomic E-state index is 0. The van der Waals surface area contributed by atoms with E-state index in [1.54, 1.807) is 0 Å². The van der Waals surface area contributed by atoms with E-state index in [-0.39, 0.29) is 19.8 Å². The summed E-state index contributed by atoms with van der Waals surface area (Å²) < 4.78 is 4.50. The van der Waals surface area contributed by atoms with Gasteiger partial charge in [0.15, 0.2) is 0 Å². The Morgan fingerprint density at radius 2 is 0.829 bits per heavy atom. The van der Waals surface area contributed by atoms with Crippen LogP contribution in [0, 0.1) is 6.07 Å². The van der Waals surface area contributed by atoms with Crippen molar-refractivity contribution in [1.82, 2.24) is 19.1 Å². The van der Waals surface area contributed by atoms with Crippen LogP contribution in [-0.2, 0) is 19.8 Å². The predicted octanol–water partition coefficient (Wildman–Crippen LogP) is 9.68. The van der Waals surface area contributed by atoms with E-state index in [2.05, 4.69) is 138 Å². The van der Waals surface area contributed by atoms with Crippen LogP contribution in [0.1, 0.15) is 101 Å². The molecule has 1 radical (unpaired) electrons. The van der Waals surface area contributed by atoms with Gasteiger partial charge in [0, 0.05) is 36.2 Å². The van der Waals surface area contributed by atoms with E-state index in [0.29, 0.717) is 23.7 Å². The van der Waals surface area contributed by atoms with Gasteiger partial charge in [-0.25, -0.2) is 0 Å². The second-order valence-corrected chi connectivity index (χ2v) is 11.9. The SMILES string of the molecule is CC(C)c1cccc(C(C)C)c1-n1ccnc1-c1[c-]c(-c2nccn2-c2c(C(C)C)cccc2C(C)C)ccc1.[Os+]. The van der Waals surface area contributed by atoms with Crippen molar-refractivity contribution in [3.05, 3.63) is 108 Å². The van der Waals surface area contributed by atoms with Gasteiger partial charge >= 0.3 is 19.8 Å². The molecular formula is C36H41N4Os. The van der Waals surface area contributed by atoms with E-state index in [1.807, 2.05) is 12.4 Å². The number of rotatable bonds is 8. The van der Waals surface area contributed by atoms with Crippen molar-refractivity contribution < 1.29 is 19.8 Å². The summed E-state index contributed by atoms with van der Waals surface area (Å²) in [4.78, 5) is 9.69. The topological polar surface area (TPSA) is 35.6 Å². The Kier molecular flexibility index (Phi) is 9.50. The van der Waals surface area contributed by atoms with Gasteiger partial charge in [-0.1, -0.05) is 103 Å². The Balaban J connectivity index is 0.00000387. The first-order chi connectivity index (χ1) is 19.2. The van der Waals surface area contributed by atoms with Gasteiger partial charge in [0.25, 0.3) is 0 Å². The third kappa shape index (κ3) is 5.88. The molecule has 3 aromatic carbocycles. The van der Waals surface area contributed by atoms with Crippen LogP contribution < -0.4 is 0 Å². The van der Waals surface area contributed by atoms with Crippen LogP contribution >= 0.6 is 0 Å². The molecule has 0 aliphatic carbocycles.